The van der Waals surface area contributed by atoms with Gasteiger partial charge in [0.05, 0.1) is 19.0 Å². The predicted molar refractivity (Wildman–Crippen MR) is 71.7 cm³/mol. The van der Waals surface area contributed by atoms with Crippen molar-refractivity contribution >= 4 is 24.7 Å². The van der Waals surface area contributed by atoms with Crippen LogP contribution in [0.5, 0.6) is 0 Å². The maximum Gasteiger partial charge on any atom is 0.280 e. The third-order valence-corrected chi connectivity index (χ3v) is 4.50. The molecule has 3 rings (SSSR count). The van der Waals surface area contributed by atoms with E-state index in [0.717, 1.165) is 0 Å². The van der Waals surface area contributed by atoms with Gasteiger partial charge < -0.3 is 34.5 Å². The smallest absolute Gasteiger partial charge is 0.280 e. The lowest BCUT2D eigenvalue weighted by molar-refractivity contribution is -0.204. The van der Waals surface area contributed by atoms with Crippen LogP contribution in [0, 0.1) is 0 Å². The Morgan fingerprint density at radius 3 is 3.00 bits per heavy atom. The molecule has 0 bridgehead atoms. The lowest BCUT2D eigenvalue weighted by Crippen LogP contribution is -2.26. The molecule has 1 unspecified atom stereocenters. The molecule has 0 saturated carbocycles. The summed E-state index contributed by atoms with van der Waals surface area (Å²) in [5.41, 5.74) is 5.21. The van der Waals surface area contributed by atoms with Crippen LogP contribution in [0.1, 0.15) is 6.42 Å². The van der Waals surface area contributed by atoms with Gasteiger partial charge in [-0.2, -0.15) is 4.98 Å². The van der Waals surface area contributed by atoms with Crippen molar-refractivity contribution in [2.24, 2.45) is 0 Å². The minimum atomic E-state index is -4.69. The van der Waals surface area contributed by atoms with E-state index in [1.807, 2.05) is 0 Å². The molecule has 1 fully saturated rings. The summed E-state index contributed by atoms with van der Waals surface area (Å²) in [4.78, 5) is 41.9. The first kappa shape index (κ1) is 15.1. The van der Waals surface area contributed by atoms with Crippen molar-refractivity contribution in [1.29, 1.82) is 0 Å². The van der Waals surface area contributed by atoms with Crippen LogP contribution in [-0.2, 0) is 15.8 Å². The van der Waals surface area contributed by atoms with Crippen molar-refractivity contribution in [3.05, 3.63) is 16.7 Å². The molecular weight excluding hydrogens is 317 g/mol. The van der Waals surface area contributed by atoms with Crippen LogP contribution in [0.2, 0.25) is 0 Å². The first-order chi connectivity index (χ1) is 10.3. The van der Waals surface area contributed by atoms with Crippen LogP contribution in [-0.4, -0.2) is 47.6 Å². The third kappa shape index (κ3) is 2.64. The number of aromatic nitrogens is 4. The van der Waals surface area contributed by atoms with Gasteiger partial charge in [-0.3, -0.25) is 9.78 Å². The second-order valence-electron chi connectivity index (χ2n) is 5.02. The van der Waals surface area contributed by atoms with Crippen LogP contribution in [0.4, 0.5) is 5.95 Å². The van der Waals surface area contributed by atoms with E-state index in [-0.39, 0.29) is 30.1 Å². The van der Waals surface area contributed by atoms with Gasteiger partial charge in [0, 0.05) is 6.42 Å². The van der Waals surface area contributed by atoms with Crippen molar-refractivity contribution in [3.8, 4) is 0 Å². The number of aromatic amines is 1. The number of H-pyrrole nitrogens is 1. The summed E-state index contributed by atoms with van der Waals surface area (Å²) < 4.78 is 17.7. The molecule has 4 atom stereocenters. The summed E-state index contributed by atoms with van der Waals surface area (Å²) in [5, 5.41) is 9.86. The Morgan fingerprint density at radius 1 is 1.64 bits per heavy atom. The first-order valence-corrected chi connectivity index (χ1v) is 7.98. The van der Waals surface area contributed by atoms with E-state index in [2.05, 4.69) is 15.0 Å². The van der Waals surface area contributed by atoms with Crippen molar-refractivity contribution in [3.63, 3.8) is 0 Å². The van der Waals surface area contributed by atoms with Crippen molar-refractivity contribution in [2.45, 2.75) is 31.0 Å². The van der Waals surface area contributed by atoms with Gasteiger partial charge in [0.25, 0.3) is 5.56 Å². The number of nitrogens with one attached hydrogen (secondary N) is 1. The summed E-state index contributed by atoms with van der Waals surface area (Å²) in [6, 6.07) is 0. The predicted octanol–water partition coefficient (Wildman–Crippen LogP) is -2.28. The van der Waals surface area contributed by atoms with Gasteiger partial charge in [0.1, 0.15) is 11.9 Å². The minimum Gasteiger partial charge on any atom is -0.777 e. The summed E-state index contributed by atoms with van der Waals surface area (Å²) in [6.07, 6.45) is -0.897. The second-order valence-corrected chi connectivity index (χ2v) is 6.72. The SMILES string of the molecule is Nc1nc2c(ncn2C[C@H]2O[C@@H](P(=O)([O-])O)C[C@@H]2O)c(=O)[nH]1. The van der Waals surface area contributed by atoms with Crippen LogP contribution in [0.25, 0.3) is 11.2 Å². The molecule has 1 aliphatic heterocycles. The largest absolute Gasteiger partial charge is 0.777 e. The topological polar surface area (TPSA) is 179 Å². The average molecular weight is 330 g/mol. The maximum absolute atomic E-state index is 11.7. The number of ether oxygens (including phenoxy) is 1. The molecule has 0 spiro atoms. The van der Waals surface area contributed by atoms with Crippen LogP contribution in [0.3, 0.4) is 0 Å². The molecule has 2 aromatic rings. The van der Waals surface area contributed by atoms with Crippen LogP contribution < -0.4 is 16.2 Å². The highest BCUT2D eigenvalue weighted by Gasteiger charge is 2.39. The van der Waals surface area contributed by atoms with Crippen LogP contribution in [0.15, 0.2) is 11.1 Å². The third-order valence-electron chi connectivity index (χ3n) is 3.44. The number of anilines is 1. The van der Waals surface area contributed by atoms with Crippen molar-refractivity contribution in [2.75, 3.05) is 5.73 Å². The van der Waals surface area contributed by atoms with E-state index < -0.39 is 31.2 Å². The monoisotopic (exact) mass is 330 g/mol. The van der Waals surface area contributed by atoms with Gasteiger partial charge in [-0.1, -0.05) is 0 Å². The molecule has 22 heavy (non-hydrogen) atoms. The second kappa shape index (κ2) is 5.14. The summed E-state index contributed by atoms with van der Waals surface area (Å²) in [5.74, 6) is -1.55. The maximum atomic E-state index is 11.7. The average Bonchev–Trinajstić information content (AvgIpc) is 2.95. The lowest BCUT2D eigenvalue weighted by atomic mass is 10.2. The number of hydrogen-bond donors (Lipinski definition) is 4. The molecule has 11 nitrogen and oxygen atoms in total. The number of nitrogens with two attached hydrogens (primary N) is 1. The van der Waals surface area contributed by atoms with Gasteiger partial charge in [0.2, 0.25) is 5.95 Å². The Labute approximate surface area is 122 Å². The van der Waals surface area contributed by atoms with Crippen LogP contribution >= 0.6 is 7.60 Å². The van der Waals surface area contributed by atoms with E-state index in [9.17, 15) is 19.4 Å². The Morgan fingerprint density at radius 2 is 2.36 bits per heavy atom. The molecule has 5 N–H and O–H groups in total. The van der Waals surface area contributed by atoms with E-state index in [1.54, 1.807) is 0 Å². The standard InChI is InChI=1S/C10H14N5O6P/c11-10-13-8-7(9(17)14-10)12-3-15(8)2-5-4(16)1-6(21-5)22(18,19)20/h3-6,16H,1-2H2,(H2,18,19,20)(H3,11,13,14,17)/p-1/t4-,5+,6-/m0/s1. The molecule has 0 aliphatic carbocycles. The highest BCUT2D eigenvalue weighted by Crippen LogP contribution is 2.44. The number of rotatable bonds is 3. The summed E-state index contributed by atoms with van der Waals surface area (Å²) in [6.45, 7) is 0.00403. The van der Waals surface area contributed by atoms with Gasteiger partial charge >= 0.3 is 0 Å². The highest BCUT2D eigenvalue weighted by atomic mass is 31.2. The van der Waals surface area contributed by atoms with E-state index in [1.165, 1.54) is 10.9 Å². The van der Waals surface area contributed by atoms with Gasteiger partial charge in [0.15, 0.2) is 18.8 Å². The number of imidazole rings is 1. The van der Waals surface area contributed by atoms with Crippen molar-refractivity contribution < 1.29 is 24.2 Å². The highest BCUT2D eigenvalue weighted by molar-refractivity contribution is 7.50. The molecule has 120 valence electrons. The van der Waals surface area contributed by atoms with E-state index >= 15 is 0 Å². The number of aliphatic hydroxyl groups is 1. The fraction of sp³-hybridized carbons (Fsp3) is 0.500. The number of nitrogen functional groups attached to an aromatic ring is 1. The quantitative estimate of drug-likeness (QED) is 0.451. The number of fused-ring (bicyclic) bond motifs is 1. The molecule has 2 aromatic heterocycles. The Kier molecular flexibility index (Phi) is 3.54. The van der Waals surface area contributed by atoms with E-state index in [4.69, 9.17) is 15.4 Å². The molecule has 1 saturated heterocycles. The molecule has 0 aromatic carbocycles. The molecule has 1 aliphatic rings. The first-order valence-electron chi connectivity index (χ1n) is 6.33. The molecule has 0 amide bonds. The summed E-state index contributed by atoms with van der Waals surface area (Å²) >= 11 is 0. The summed E-state index contributed by atoms with van der Waals surface area (Å²) in [7, 11) is -4.69. The van der Waals surface area contributed by atoms with Gasteiger partial charge in [-0.15, -0.1) is 0 Å². The zero-order valence-corrected chi connectivity index (χ0v) is 12.0. The molecule has 12 heteroatoms. The lowest BCUT2D eigenvalue weighted by Gasteiger charge is -2.23. The van der Waals surface area contributed by atoms with E-state index in [0.29, 0.717) is 0 Å². The number of aliphatic hydroxyl groups excluding tert-OH is 1. The Bertz CT molecular complexity index is 812. The zero-order valence-electron chi connectivity index (χ0n) is 11.1. The van der Waals surface area contributed by atoms with Crippen molar-refractivity contribution in [1.82, 2.24) is 19.5 Å². The molecule has 3 heterocycles. The zero-order chi connectivity index (χ0) is 16.1. The molecular formula is C10H13N5O6P-. The molecule has 0 radical (unpaired) electrons. The van der Waals surface area contributed by atoms with Gasteiger partial charge in [-0.25, -0.2) is 4.98 Å². The fourth-order valence-electron chi connectivity index (χ4n) is 2.38. The fourth-order valence-corrected chi connectivity index (χ4v) is 3.17. The van der Waals surface area contributed by atoms with Gasteiger partial charge in [-0.05, 0) is 0 Å². The normalized spacial score (nSPS) is 28.0. The Hall–Kier alpha value is -1.78. The number of nitrogens with zero attached hydrogens (tertiary/aromatic N) is 3. The Balaban J connectivity index is 1.88. The minimum absolute atomic E-state index is 0.00403. The number of hydrogen-bond acceptors (Lipinski definition) is 8.